The Labute approximate surface area is 67.8 Å². The molecule has 1 aromatic heterocycles. The first kappa shape index (κ1) is 8.73. The number of carbonyl (C=O) groups excluding carboxylic acids is 1. The zero-order chi connectivity index (χ0) is 9.14. The van der Waals surface area contributed by atoms with Crippen LogP contribution in [0.2, 0.25) is 0 Å². The number of halogens is 1. The Morgan fingerprint density at radius 2 is 2.42 bits per heavy atom. The highest BCUT2D eigenvalue weighted by Crippen LogP contribution is 2.18. The molecule has 0 spiro atoms. The summed E-state index contributed by atoms with van der Waals surface area (Å²) in [6.07, 6.45) is -2.47. The summed E-state index contributed by atoms with van der Waals surface area (Å²) in [6, 6.07) is 2.84. The number of aliphatic hydroxyl groups excluding tert-OH is 1. The molecule has 1 amide bonds. The lowest BCUT2D eigenvalue weighted by Gasteiger charge is -2.08. The van der Waals surface area contributed by atoms with Crippen LogP contribution in [-0.2, 0) is 4.79 Å². The van der Waals surface area contributed by atoms with Crippen molar-refractivity contribution in [3.63, 3.8) is 0 Å². The molecule has 66 valence electrons. The number of nitrogens with two attached hydrogens (primary N) is 1. The molecule has 5 heteroatoms. The number of rotatable bonds is 3. The zero-order valence-corrected chi connectivity index (χ0v) is 6.11. The standard InChI is InChI=1S/C7H8FNO3/c8-5(7(9)11)6(10)4-2-1-3-12-4/h1-3,5-6,10H,(H2,9,11). The van der Waals surface area contributed by atoms with Gasteiger partial charge in [0.15, 0.2) is 6.10 Å². The van der Waals surface area contributed by atoms with E-state index in [-0.39, 0.29) is 5.76 Å². The number of primary amides is 1. The smallest absolute Gasteiger partial charge is 0.255 e. The van der Waals surface area contributed by atoms with Gasteiger partial charge in [-0.3, -0.25) is 4.79 Å². The molecule has 0 saturated carbocycles. The molecule has 0 aromatic carbocycles. The maximum Gasteiger partial charge on any atom is 0.255 e. The number of alkyl halides is 1. The number of furan rings is 1. The molecule has 0 saturated heterocycles. The van der Waals surface area contributed by atoms with Crippen molar-refractivity contribution >= 4 is 5.91 Å². The molecule has 1 aromatic rings. The minimum absolute atomic E-state index is 0.0127. The molecule has 1 heterocycles. The molecule has 0 bridgehead atoms. The Morgan fingerprint density at radius 3 is 2.83 bits per heavy atom. The van der Waals surface area contributed by atoms with Crippen molar-refractivity contribution in [2.24, 2.45) is 5.73 Å². The Balaban J connectivity index is 2.71. The Bertz CT molecular complexity index is 260. The van der Waals surface area contributed by atoms with Gasteiger partial charge in [-0.05, 0) is 12.1 Å². The fourth-order valence-corrected chi connectivity index (χ4v) is 0.759. The van der Waals surface area contributed by atoms with Crippen LogP contribution in [0.4, 0.5) is 4.39 Å². The molecule has 0 fully saturated rings. The maximum atomic E-state index is 12.7. The van der Waals surface area contributed by atoms with E-state index in [0.717, 1.165) is 0 Å². The fourth-order valence-electron chi connectivity index (χ4n) is 0.759. The summed E-state index contributed by atoms with van der Waals surface area (Å²) in [7, 11) is 0. The molecule has 0 aliphatic carbocycles. The van der Waals surface area contributed by atoms with E-state index in [9.17, 15) is 9.18 Å². The van der Waals surface area contributed by atoms with Crippen LogP contribution >= 0.6 is 0 Å². The van der Waals surface area contributed by atoms with Gasteiger partial charge in [0.05, 0.1) is 6.26 Å². The van der Waals surface area contributed by atoms with Crippen molar-refractivity contribution in [3.8, 4) is 0 Å². The summed E-state index contributed by atoms with van der Waals surface area (Å²) in [5, 5.41) is 9.08. The van der Waals surface area contributed by atoms with E-state index in [1.165, 1.54) is 18.4 Å². The summed E-state index contributed by atoms with van der Waals surface area (Å²) in [5.41, 5.74) is 4.63. The van der Waals surface area contributed by atoms with E-state index < -0.39 is 18.2 Å². The second kappa shape index (κ2) is 3.36. The lowest BCUT2D eigenvalue weighted by molar-refractivity contribution is -0.127. The van der Waals surface area contributed by atoms with Crippen LogP contribution in [0.15, 0.2) is 22.8 Å². The van der Waals surface area contributed by atoms with E-state index in [1.54, 1.807) is 0 Å². The lowest BCUT2D eigenvalue weighted by atomic mass is 10.2. The molecule has 2 atom stereocenters. The van der Waals surface area contributed by atoms with Gasteiger partial charge < -0.3 is 15.3 Å². The molecular weight excluding hydrogens is 165 g/mol. The van der Waals surface area contributed by atoms with Gasteiger partial charge in [0.1, 0.15) is 5.76 Å². The molecule has 0 radical (unpaired) electrons. The SMILES string of the molecule is NC(=O)C(F)C(O)c1ccco1. The third kappa shape index (κ3) is 1.62. The molecule has 4 nitrogen and oxygen atoms in total. The van der Waals surface area contributed by atoms with Crippen LogP contribution in [0.3, 0.4) is 0 Å². The van der Waals surface area contributed by atoms with E-state index in [0.29, 0.717) is 0 Å². The Kier molecular flexibility index (Phi) is 2.44. The number of aliphatic hydroxyl groups is 1. The highest BCUT2D eigenvalue weighted by atomic mass is 19.1. The van der Waals surface area contributed by atoms with Crippen molar-refractivity contribution < 1.29 is 18.7 Å². The number of hydrogen-bond acceptors (Lipinski definition) is 3. The third-order valence-corrected chi connectivity index (χ3v) is 1.38. The molecule has 1 rings (SSSR count). The second-order valence-corrected chi connectivity index (χ2v) is 2.26. The Morgan fingerprint density at radius 1 is 1.75 bits per heavy atom. The minimum Gasteiger partial charge on any atom is -0.466 e. The summed E-state index contributed by atoms with van der Waals surface area (Å²) in [4.78, 5) is 10.3. The van der Waals surface area contributed by atoms with Crippen LogP contribution in [0.25, 0.3) is 0 Å². The minimum atomic E-state index is -2.13. The molecule has 0 aliphatic heterocycles. The van der Waals surface area contributed by atoms with Crippen molar-refractivity contribution in [2.45, 2.75) is 12.3 Å². The van der Waals surface area contributed by atoms with Gasteiger partial charge in [-0.25, -0.2) is 4.39 Å². The van der Waals surface area contributed by atoms with Crippen molar-refractivity contribution in [1.29, 1.82) is 0 Å². The molecule has 12 heavy (non-hydrogen) atoms. The normalized spacial score (nSPS) is 15.5. The second-order valence-electron chi connectivity index (χ2n) is 2.26. The van der Waals surface area contributed by atoms with Crippen molar-refractivity contribution in [2.75, 3.05) is 0 Å². The molecular formula is C7H8FNO3. The quantitative estimate of drug-likeness (QED) is 0.682. The monoisotopic (exact) mass is 173 g/mol. The number of carbonyl (C=O) groups is 1. The number of hydrogen-bond donors (Lipinski definition) is 2. The van der Waals surface area contributed by atoms with E-state index in [4.69, 9.17) is 5.11 Å². The van der Waals surface area contributed by atoms with E-state index >= 15 is 0 Å². The summed E-state index contributed by atoms with van der Waals surface area (Å²) >= 11 is 0. The van der Waals surface area contributed by atoms with Gasteiger partial charge in [0.25, 0.3) is 5.91 Å². The van der Waals surface area contributed by atoms with Crippen LogP contribution in [0, 0.1) is 0 Å². The third-order valence-electron chi connectivity index (χ3n) is 1.38. The fraction of sp³-hybridized carbons (Fsp3) is 0.286. The molecule has 0 aliphatic rings. The largest absolute Gasteiger partial charge is 0.466 e. The maximum absolute atomic E-state index is 12.7. The number of amides is 1. The van der Waals surface area contributed by atoms with E-state index in [2.05, 4.69) is 10.2 Å². The van der Waals surface area contributed by atoms with Gasteiger partial charge in [-0.15, -0.1) is 0 Å². The first-order valence-corrected chi connectivity index (χ1v) is 3.28. The van der Waals surface area contributed by atoms with E-state index in [1.807, 2.05) is 0 Å². The molecule has 2 unspecified atom stereocenters. The Hall–Kier alpha value is -1.36. The van der Waals surface area contributed by atoms with Crippen LogP contribution in [0.1, 0.15) is 11.9 Å². The molecule has 3 N–H and O–H groups in total. The average Bonchev–Trinajstić information content (AvgIpc) is 2.53. The van der Waals surface area contributed by atoms with Crippen LogP contribution in [0.5, 0.6) is 0 Å². The highest BCUT2D eigenvalue weighted by Gasteiger charge is 2.27. The van der Waals surface area contributed by atoms with Crippen molar-refractivity contribution in [1.82, 2.24) is 0 Å². The zero-order valence-electron chi connectivity index (χ0n) is 6.11. The highest BCUT2D eigenvalue weighted by molar-refractivity contribution is 5.79. The van der Waals surface area contributed by atoms with Gasteiger partial charge in [0.2, 0.25) is 6.17 Å². The van der Waals surface area contributed by atoms with Crippen LogP contribution in [-0.4, -0.2) is 17.2 Å². The predicted octanol–water partition coefficient (Wildman–Crippen LogP) is 0.136. The van der Waals surface area contributed by atoms with Gasteiger partial charge in [-0.2, -0.15) is 0 Å². The van der Waals surface area contributed by atoms with Crippen LogP contribution < -0.4 is 5.73 Å². The first-order valence-electron chi connectivity index (χ1n) is 3.28. The van der Waals surface area contributed by atoms with Gasteiger partial charge >= 0.3 is 0 Å². The summed E-state index contributed by atoms with van der Waals surface area (Å²) < 4.78 is 17.4. The van der Waals surface area contributed by atoms with Crippen molar-refractivity contribution in [3.05, 3.63) is 24.2 Å². The average molecular weight is 173 g/mol. The summed E-state index contributed by atoms with van der Waals surface area (Å²) in [5.74, 6) is -1.22. The lowest BCUT2D eigenvalue weighted by Crippen LogP contribution is -2.30. The van der Waals surface area contributed by atoms with Gasteiger partial charge in [-0.1, -0.05) is 0 Å². The first-order chi connectivity index (χ1) is 5.63. The topological polar surface area (TPSA) is 76.5 Å². The van der Waals surface area contributed by atoms with Gasteiger partial charge in [0, 0.05) is 0 Å². The predicted molar refractivity (Wildman–Crippen MR) is 37.8 cm³/mol. The summed E-state index contributed by atoms with van der Waals surface area (Å²) in [6.45, 7) is 0.